The average Bonchev–Trinajstić information content (AvgIpc) is 2.45. The van der Waals surface area contributed by atoms with Crippen LogP contribution in [0, 0.1) is 0 Å². The maximum atomic E-state index is 5.92. The van der Waals surface area contributed by atoms with Gasteiger partial charge < -0.3 is 9.47 Å². The number of ether oxygens (including phenoxy) is 2. The number of nitrogens with zero attached hydrogens (tertiary/aromatic N) is 2. The molecule has 2 aliphatic heterocycles. The van der Waals surface area contributed by atoms with Crippen molar-refractivity contribution in [2.45, 2.75) is 13.1 Å². The number of rotatable bonds is 2. The quantitative estimate of drug-likeness (QED) is 0.333. The van der Waals surface area contributed by atoms with Gasteiger partial charge in [0.15, 0.2) is 7.57 Å². The van der Waals surface area contributed by atoms with Crippen LogP contribution in [0.4, 0.5) is 0 Å². The molecule has 2 unspecified atom stereocenters. The molecule has 0 fully saturated rings. The number of benzene rings is 1. The molecule has 1 aromatic carbocycles. The van der Waals surface area contributed by atoms with Crippen LogP contribution in [-0.2, 0) is 13.1 Å². The molecule has 0 bridgehead atoms. The molecule has 3 rings (SSSR count). The largest absolute Gasteiger partial charge is 0.479 e. The Morgan fingerprint density at radius 3 is 2.40 bits per heavy atom. The summed E-state index contributed by atoms with van der Waals surface area (Å²) in [6.45, 7) is 3.24. The first kappa shape index (κ1) is 16.1. The van der Waals surface area contributed by atoms with E-state index in [2.05, 4.69) is 76.6 Å². The SMILES string of the molecule is BP(I)N1COc2ccc3c(c2C1)CN(B(P)I)CO3. The van der Waals surface area contributed by atoms with Gasteiger partial charge in [-0.1, -0.05) is 0 Å². The zero-order chi connectivity index (χ0) is 14.3. The van der Waals surface area contributed by atoms with Gasteiger partial charge in [-0.25, -0.2) is 4.67 Å². The highest BCUT2D eigenvalue weighted by molar-refractivity contribution is 14.2. The van der Waals surface area contributed by atoms with Gasteiger partial charge in [0.1, 0.15) is 25.0 Å². The molecule has 0 N–H and O–H groups in total. The average molecular weight is 532 g/mol. The van der Waals surface area contributed by atoms with Crippen LogP contribution in [0.2, 0.25) is 0 Å². The zero-order valence-electron chi connectivity index (χ0n) is 11.1. The third kappa shape index (κ3) is 3.25. The molecule has 0 spiro atoms. The molecule has 2 heterocycles. The lowest BCUT2D eigenvalue weighted by atomic mass is 10.0. The molecule has 1 aromatic rings. The Labute approximate surface area is 150 Å². The first-order valence-electron chi connectivity index (χ1n) is 6.24. The van der Waals surface area contributed by atoms with Crippen LogP contribution in [0.1, 0.15) is 11.1 Å². The standard InChI is InChI=1S/C10H14B2I2N2O2P2/c11-20(14)16-4-8-7-3-15(12(13)19)5-17-9(7)1-2-10(8)18-6-16/h1-2H,3-6,11,19H2. The second kappa shape index (κ2) is 6.75. The van der Waals surface area contributed by atoms with E-state index in [9.17, 15) is 0 Å². The van der Waals surface area contributed by atoms with Crippen LogP contribution in [0.3, 0.4) is 0 Å². The van der Waals surface area contributed by atoms with E-state index in [1.807, 2.05) is 6.07 Å². The van der Waals surface area contributed by atoms with E-state index in [0.717, 1.165) is 24.6 Å². The van der Waals surface area contributed by atoms with Crippen molar-refractivity contribution < 1.29 is 9.47 Å². The molecule has 20 heavy (non-hydrogen) atoms. The van der Waals surface area contributed by atoms with Crippen LogP contribution in [0.25, 0.3) is 0 Å². The lowest BCUT2D eigenvalue weighted by Gasteiger charge is -2.36. The monoisotopic (exact) mass is 532 g/mol. The van der Waals surface area contributed by atoms with Crippen LogP contribution in [0.15, 0.2) is 12.1 Å². The van der Waals surface area contributed by atoms with Gasteiger partial charge in [0.2, 0.25) is 0 Å². The van der Waals surface area contributed by atoms with Crippen LogP contribution in [0.5, 0.6) is 11.5 Å². The van der Waals surface area contributed by atoms with Crippen molar-refractivity contribution in [2.24, 2.45) is 0 Å². The predicted molar refractivity (Wildman–Crippen MR) is 107 cm³/mol. The Balaban J connectivity index is 1.94. The van der Waals surface area contributed by atoms with Gasteiger partial charge in [0.05, 0.1) is 0 Å². The summed E-state index contributed by atoms with van der Waals surface area (Å²) in [5, 5.41) is 0. The first-order valence-corrected chi connectivity index (χ1v) is 12.7. The molecule has 2 atom stereocenters. The van der Waals surface area contributed by atoms with Gasteiger partial charge >= 0.3 is 4.42 Å². The van der Waals surface area contributed by atoms with Gasteiger partial charge in [-0.15, -0.1) is 31.5 Å². The summed E-state index contributed by atoms with van der Waals surface area (Å²) in [6, 6.07) is 4.10. The fourth-order valence-corrected chi connectivity index (χ4v) is 4.31. The number of hydrogen-bond acceptors (Lipinski definition) is 4. The molecule has 0 saturated heterocycles. The van der Waals surface area contributed by atoms with Crippen molar-refractivity contribution in [1.29, 1.82) is 0 Å². The molecule has 0 amide bonds. The Morgan fingerprint density at radius 2 is 1.80 bits per heavy atom. The molecule has 0 radical (unpaired) electrons. The minimum atomic E-state index is -0.162. The van der Waals surface area contributed by atoms with Crippen LogP contribution >= 0.6 is 59.1 Å². The molecule has 0 aliphatic carbocycles. The van der Waals surface area contributed by atoms with Crippen molar-refractivity contribution in [2.75, 3.05) is 13.5 Å². The maximum absolute atomic E-state index is 5.92. The lowest BCUT2D eigenvalue weighted by molar-refractivity contribution is 0.156. The Kier molecular flexibility index (Phi) is 5.42. The van der Waals surface area contributed by atoms with Crippen molar-refractivity contribution in [1.82, 2.24) is 9.48 Å². The molecule has 4 nitrogen and oxygen atoms in total. The molecule has 0 saturated carbocycles. The van der Waals surface area contributed by atoms with E-state index in [1.165, 1.54) is 11.1 Å². The van der Waals surface area contributed by atoms with E-state index >= 15 is 0 Å². The summed E-state index contributed by atoms with van der Waals surface area (Å²) in [5.41, 5.74) is 2.42. The molecular formula is C10H14B2I2N2O2P2. The fourth-order valence-electron chi connectivity index (χ4n) is 2.38. The number of halogens is 2. The van der Waals surface area contributed by atoms with E-state index in [1.54, 1.807) is 0 Å². The highest BCUT2D eigenvalue weighted by Crippen LogP contribution is 2.48. The van der Waals surface area contributed by atoms with E-state index in [0.29, 0.717) is 17.9 Å². The fraction of sp³-hybridized carbons (Fsp3) is 0.400. The minimum Gasteiger partial charge on any atom is -0.479 e. The summed E-state index contributed by atoms with van der Waals surface area (Å²) in [6.07, 6.45) is 0. The zero-order valence-corrected chi connectivity index (χ0v) is 17.4. The van der Waals surface area contributed by atoms with Crippen molar-refractivity contribution in [3.05, 3.63) is 23.3 Å². The highest BCUT2D eigenvalue weighted by Gasteiger charge is 2.29. The van der Waals surface area contributed by atoms with E-state index in [4.69, 9.17) is 9.47 Å². The molecule has 106 valence electrons. The molecular weight excluding hydrogens is 518 g/mol. The lowest BCUT2D eigenvalue weighted by Crippen LogP contribution is -2.38. The van der Waals surface area contributed by atoms with Crippen LogP contribution in [-0.4, -0.2) is 34.9 Å². The normalized spacial score (nSPS) is 20.4. The smallest absolute Gasteiger partial charge is 0.322 e. The predicted octanol–water partition coefficient (Wildman–Crippen LogP) is 2.58. The summed E-state index contributed by atoms with van der Waals surface area (Å²) >= 11 is 4.90. The van der Waals surface area contributed by atoms with Gasteiger partial charge in [-0.2, -0.15) is 0 Å². The van der Waals surface area contributed by atoms with E-state index < -0.39 is 0 Å². The van der Waals surface area contributed by atoms with Crippen LogP contribution < -0.4 is 9.47 Å². The number of fused-ring (bicyclic) bond motifs is 3. The summed E-state index contributed by atoms with van der Waals surface area (Å²) in [7, 11) is 5.08. The Morgan fingerprint density at radius 1 is 1.20 bits per heavy atom. The summed E-state index contributed by atoms with van der Waals surface area (Å²) < 4.78 is 14.6. The van der Waals surface area contributed by atoms with Crippen molar-refractivity contribution in [3.8, 4) is 11.5 Å². The maximum Gasteiger partial charge on any atom is 0.322 e. The Hall–Kier alpha value is 1.19. The summed E-state index contributed by atoms with van der Waals surface area (Å²) in [4.78, 5) is 2.30. The van der Waals surface area contributed by atoms with Gasteiger partial charge in [-0.05, 0) is 39.8 Å². The molecule has 10 heteroatoms. The first-order chi connectivity index (χ1) is 9.56. The third-order valence-corrected chi connectivity index (χ3v) is 7.62. The van der Waals surface area contributed by atoms with Gasteiger partial charge in [0, 0.05) is 24.2 Å². The molecule has 0 aromatic heterocycles. The second-order valence-electron chi connectivity index (χ2n) is 4.79. The molecule has 2 aliphatic rings. The van der Waals surface area contributed by atoms with Gasteiger partial charge in [0.25, 0.3) is 0 Å². The Bertz CT molecular complexity index is 479. The highest BCUT2D eigenvalue weighted by atomic mass is 127. The second-order valence-corrected chi connectivity index (χ2v) is 13.7. The third-order valence-electron chi connectivity index (χ3n) is 3.54. The van der Waals surface area contributed by atoms with E-state index in [-0.39, 0.29) is 5.59 Å². The minimum absolute atomic E-state index is 0.162. The van der Waals surface area contributed by atoms with Crippen molar-refractivity contribution >= 4 is 71.1 Å². The summed E-state index contributed by atoms with van der Waals surface area (Å²) in [5.74, 6) is 2.04. The number of hydrogen-bond donors (Lipinski definition) is 0. The topological polar surface area (TPSA) is 24.9 Å². The van der Waals surface area contributed by atoms with Gasteiger partial charge in [-0.3, -0.25) is 4.81 Å². The van der Waals surface area contributed by atoms with Crippen molar-refractivity contribution in [3.63, 3.8) is 0 Å².